The maximum atomic E-state index is 12.8. The lowest BCUT2D eigenvalue weighted by molar-refractivity contribution is 0.0927. The number of benzene rings is 2. The lowest BCUT2D eigenvalue weighted by Gasteiger charge is -2.23. The van der Waals surface area contributed by atoms with Gasteiger partial charge in [-0.3, -0.25) is 9.52 Å². The Morgan fingerprint density at radius 3 is 2.37 bits per heavy atom. The third-order valence-electron chi connectivity index (χ3n) is 5.09. The summed E-state index contributed by atoms with van der Waals surface area (Å²) in [6.07, 6.45) is 5.43. The molecule has 27 heavy (non-hydrogen) atoms. The quantitative estimate of drug-likeness (QED) is 0.810. The van der Waals surface area contributed by atoms with Crippen LogP contribution in [0.1, 0.15) is 53.6 Å². The fraction of sp³-hybridized carbons (Fsp3) is 0.381. The molecule has 1 aliphatic carbocycles. The van der Waals surface area contributed by atoms with Crippen LogP contribution in [-0.4, -0.2) is 20.4 Å². The van der Waals surface area contributed by atoms with Gasteiger partial charge in [0.15, 0.2) is 0 Å². The minimum absolute atomic E-state index is 0.0881. The Morgan fingerprint density at radius 1 is 0.963 bits per heavy atom. The second kappa shape index (κ2) is 8.13. The molecule has 0 aromatic heterocycles. The topological polar surface area (TPSA) is 75.3 Å². The summed E-state index contributed by atoms with van der Waals surface area (Å²) < 4.78 is 28.2. The molecule has 1 saturated carbocycles. The van der Waals surface area contributed by atoms with Crippen LogP contribution < -0.4 is 10.0 Å². The molecule has 0 aliphatic heterocycles. The molecule has 2 N–H and O–H groups in total. The second-order valence-electron chi connectivity index (χ2n) is 7.21. The molecule has 2 aromatic rings. The molecular formula is C21H26N2O3S. The van der Waals surface area contributed by atoms with E-state index < -0.39 is 10.0 Å². The molecule has 1 aliphatic rings. The van der Waals surface area contributed by atoms with Gasteiger partial charge < -0.3 is 5.32 Å². The van der Waals surface area contributed by atoms with Crippen LogP contribution in [0.5, 0.6) is 0 Å². The average molecular weight is 387 g/mol. The van der Waals surface area contributed by atoms with Crippen molar-refractivity contribution in [3.63, 3.8) is 0 Å². The van der Waals surface area contributed by atoms with Gasteiger partial charge in [0, 0.05) is 11.6 Å². The van der Waals surface area contributed by atoms with Crippen LogP contribution in [0.3, 0.4) is 0 Å². The van der Waals surface area contributed by atoms with Crippen molar-refractivity contribution in [3.8, 4) is 0 Å². The molecule has 6 heteroatoms. The predicted octanol–water partition coefficient (Wildman–Crippen LogP) is 4.17. The highest BCUT2D eigenvalue weighted by molar-refractivity contribution is 7.92. The maximum Gasteiger partial charge on any atom is 0.261 e. The molecule has 5 nitrogen and oxygen atoms in total. The molecule has 3 rings (SSSR count). The van der Waals surface area contributed by atoms with Gasteiger partial charge in [0.25, 0.3) is 15.9 Å². The molecule has 2 aromatic carbocycles. The first-order valence-corrected chi connectivity index (χ1v) is 10.8. The fourth-order valence-corrected chi connectivity index (χ4v) is 4.57. The third kappa shape index (κ3) is 4.69. The van der Waals surface area contributed by atoms with Crippen molar-refractivity contribution in [2.75, 3.05) is 4.72 Å². The summed E-state index contributed by atoms with van der Waals surface area (Å²) in [5, 5.41) is 3.06. The molecule has 0 bridgehead atoms. The Hall–Kier alpha value is -2.34. The molecule has 1 fully saturated rings. The van der Waals surface area contributed by atoms with Crippen molar-refractivity contribution in [1.82, 2.24) is 5.32 Å². The van der Waals surface area contributed by atoms with Gasteiger partial charge in [-0.1, -0.05) is 43.5 Å². The smallest absolute Gasteiger partial charge is 0.261 e. The average Bonchev–Trinajstić information content (AvgIpc) is 2.64. The monoisotopic (exact) mass is 386 g/mol. The zero-order valence-corrected chi connectivity index (χ0v) is 16.6. The minimum Gasteiger partial charge on any atom is -0.349 e. The van der Waals surface area contributed by atoms with Crippen molar-refractivity contribution in [3.05, 3.63) is 59.2 Å². The summed E-state index contributed by atoms with van der Waals surface area (Å²) >= 11 is 0. The third-order valence-corrected chi connectivity index (χ3v) is 6.46. The normalized spacial score (nSPS) is 15.3. The highest BCUT2D eigenvalue weighted by Gasteiger charge is 2.21. The summed E-state index contributed by atoms with van der Waals surface area (Å²) in [6.45, 7) is 3.66. The van der Waals surface area contributed by atoms with Crippen LogP contribution in [0.4, 0.5) is 5.69 Å². The lowest BCUT2D eigenvalue weighted by atomic mass is 9.95. The van der Waals surface area contributed by atoms with E-state index >= 15 is 0 Å². The van der Waals surface area contributed by atoms with Gasteiger partial charge in [0.1, 0.15) is 0 Å². The van der Waals surface area contributed by atoms with Crippen LogP contribution in [-0.2, 0) is 10.0 Å². The van der Waals surface area contributed by atoms with Crippen LogP contribution in [0.25, 0.3) is 0 Å². The number of aryl methyl sites for hydroxylation is 2. The van der Waals surface area contributed by atoms with Gasteiger partial charge in [-0.15, -0.1) is 0 Å². The standard InChI is InChI=1S/C21H26N2O3S/c1-15-12-13-18(27(25,26)23-20-11-7-6-8-16(20)2)14-19(15)21(24)22-17-9-4-3-5-10-17/h6-8,11-14,17,23H,3-5,9-10H2,1-2H3,(H,22,24). The van der Waals surface area contributed by atoms with Gasteiger partial charge in [0.2, 0.25) is 0 Å². The van der Waals surface area contributed by atoms with Crippen molar-refractivity contribution in [2.24, 2.45) is 0 Å². The maximum absolute atomic E-state index is 12.8. The number of amides is 1. The van der Waals surface area contributed by atoms with E-state index in [1.807, 2.05) is 26.0 Å². The molecular weight excluding hydrogens is 360 g/mol. The molecule has 1 amide bonds. The SMILES string of the molecule is Cc1ccccc1NS(=O)(=O)c1ccc(C)c(C(=O)NC2CCCCC2)c1. The zero-order chi connectivity index (χ0) is 19.4. The van der Waals surface area contributed by atoms with Gasteiger partial charge in [-0.2, -0.15) is 0 Å². The van der Waals surface area contributed by atoms with Crippen molar-refractivity contribution < 1.29 is 13.2 Å². The van der Waals surface area contributed by atoms with Crippen LogP contribution in [0, 0.1) is 13.8 Å². The number of anilines is 1. The first kappa shape index (κ1) is 19.4. The number of hydrogen-bond donors (Lipinski definition) is 2. The number of nitrogens with one attached hydrogen (secondary N) is 2. The van der Waals surface area contributed by atoms with Crippen LogP contribution in [0.15, 0.2) is 47.4 Å². The summed E-state index contributed by atoms with van der Waals surface area (Å²) in [5.74, 6) is -0.202. The van der Waals surface area contributed by atoms with Gasteiger partial charge in [0.05, 0.1) is 10.6 Å². The molecule has 0 radical (unpaired) electrons. The first-order valence-electron chi connectivity index (χ1n) is 9.37. The Labute approximate surface area is 161 Å². The molecule has 144 valence electrons. The zero-order valence-electron chi connectivity index (χ0n) is 15.8. The molecule has 0 unspecified atom stereocenters. The van der Waals surface area contributed by atoms with Crippen molar-refractivity contribution in [1.29, 1.82) is 0 Å². The predicted molar refractivity (Wildman–Crippen MR) is 108 cm³/mol. The number of carbonyl (C=O) groups excluding carboxylic acids is 1. The first-order chi connectivity index (χ1) is 12.9. The highest BCUT2D eigenvalue weighted by Crippen LogP contribution is 2.22. The van der Waals surface area contributed by atoms with E-state index in [1.54, 1.807) is 18.2 Å². The summed E-state index contributed by atoms with van der Waals surface area (Å²) in [6, 6.07) is 12.1. The molecule has 0 spiro atoms. The van der Waals surface area contributed by atoms with Crippen molar-refractivity contribution in [2.45, 2.75) is 56.9 Å². The van der Waals surface area contributed by atoms with Gasteiger partial charge >= 0.3 is 0 Å². The van der Waals surface area contributed by atoms with Crippen LogP contribution >= 0.6 is 0 Å². The van der Waals surface area contributed by atoms with Crippen LogP contribution in [0.2, 0.25) is 0 Å². The van der Waals surface area contributed by atoms with E-state index in [4.69, 9.17) is 0 Å². The fourth-order valence-electron chi connectivity index (χ4n) is 3.41. The Kier molecular flexibility index (Phi) is 5.85. The Morgan fingerprint density at radius 2 is 1.67 bits per heavy atom. The van der Waals surface area contributed by atoms with E-state index in [-0.39, 0.29) is 16.8 Å². The van der Waals surface area contributed by atoms with E-state index in [2.05, 4.69) is 10.0 Å². The lowest BCUT2D eigenvalue weighted by Crippen LogP contribution is -2.36. The van der Waals surface area contributed by atoms with E-state index in [0.717, 1.165) is 36.8 Å². The Bertz CT molecular complexity index is 932. The van der Waals surface area contributed by atoms with Gasteiger partial charge in [-0.05, 0) is 56.0 Å². The van der Waals surface area contributed by atoms with E-state index in [0.29, 0.717) is 11.3 Å². The molecule has 0 atom stereocenters. The van der Waals surface area contributed by atoms with Crippen molar-refractivity contribution >= 4 is 21.6 Å². The summed E-state index contributed by atoms with van der Waals surface area (Å²) in [4.78, 5) is 12.8. The number of carbonyl (C=O) groups is 1. The molecule has 0 saturated heterocycles. The number of sulfonamides is 1. The number of rotatable bonds is 5. The van der Waals surface area contributed by atoms with E-state index in [9.17, 15) is 13.2 Å². The Balaban J connectivity index is 1.83. The van der Waals surface area contributed by atoms with Gasteiger partial charge in [-0.25, -0.2) is 8.42 Å². The number of hydrogen-bond acceptors (Lipinski definition) is 3. The second-order valence-corrected chi connectivity index (χ2v) is 8.89. The summed E-state index contributed by atoms with van der Waals surface area (Å²) in [7, 11) is -3.77. The number of para-hydroxylation sites is 1. The molecule has 0 heterocycles. The largest absolute Gasteiger partial charge is 0.349 e. The minimum atomic E-state index is -3.77. The van der Waals surface area contributed by atoms with E-state index in [1.165, 1.54) is 18.6 Å². The summed E-state index contributed by atoms with van der Waals surface area (Å²) in [5.41, 5.74) is 2.54. The highest BCUT2D eigenvalue weighted by atomic mass is 32.2.